The summed E-state index contributed by atoms with van der Waals surface area (Å²) in [6.07, 6.45) is 1.66. The van der Waals surface area contributed by atoms with Crippen LogP contribution in [0.15, 0.2) is 24.4 Å². The lowest BCUT2D eigenvalue weighted by molar-refractivity contribution is -0.127. The van der Waals surface area contributed by atoms with E-state index in [0.717, 1.165) is 10.9 Å². The fourth-order valence-corrected chi connectivity index (χ4v) is 1.56. The Morgan fingerprint density at radius 2 is 2.28 bits per heavy atom. The van der Waals surface area contributed by atoms with Crippen molar-refractivity contribution in [3.8, 4) is 6.07 Å². The van der Waals surface area contributed by atoms with Crippen molar-refractivity contribution in [2.45, 2.75) is 6.92 Å². The van der Waals surface area contributed by atoms with Crippen molar-refractivity contribution in [3.63, 3.8) is 0 Å². The maximum atomic E-state index is 11.7. The third-order valence-corrected chi connectivity index (χ3v) is 2.51. The molecular weight excluding hydrogens is 232 g/mol. The van der Waals surface area contributed by atoms with Gasteiger partial charge in [-0.25, -0.2) is 0 Å². The number of anilines is 1. The number of Topliss-reactive ketones (excluding diaryl/α,β-unsaturated/α-hetero) is 1. The maximum Gasteiger partial charge on any atom is 0.249 e. The highest BCUT2D eigenvalue weighted by molar-refractivity contribution is 6.09. The molecule has 1 amide bonds. The van der Waals surface area contributed by atoms with Gasteiger partial charge < -0.3 is 5.32 Å². The Kier molecular flexibility index (Phi) is 3.06. The number of aromatic nitrogens is 2. The number of nitriles is 1. The highest BCUT2D eigenvalue weighted by atomic mass is 16.2. The van der Waals surface area contributed by atoms with Crippen molar-refractivity contribution < 1.29 is 9.59 Å². The molecule has 2 N–H and O–H groups in total. The molecule has 0 spiro atoms. The summed E-state index contributed by atoms with van der Waals surface area (Å²) in [6.45, 7) is 1.21. The third-order valence-electron chi connectivity index (χ3n) is 2.51. The van der Waals surface area contributed by atoms with E-state index in [1.165, 1.54) is 6.92 Å². The number of hydrogen-bond acceptors (Lipinski definition) is 4. The molecule has 6 heteroatoms. The summed E-state index contributed by atoms with van der Waals surface area (Å²) in [6, 6.07) is 6.83. The molecule has 0 saturated carbocycles. The molecule has 1 heterocycles. The molecule has 1 unspecified atom stereocenters. The Balaban J connectivity index is 2.20. The van der Waals surface area contributed by atoms with Crippen LogP contribution in [0.2, 0.25) is 0 Å². The first-order valence-corrected chi connectivity index (χ1v) is 5.26. The minimum Gasteiger partial charge on any atom is -0.324 e. The number of benzene rings is 1. The first-order chi connectivity index (χ1) is 8.61. The highest BCUT2D eigenvalue weighted by Gasteiger charge is 2.22. The molecule has 0 saturated heterocycles. The number of hydrogen-bond donors (Lipinski definition) is 2. The second-order valence-corrected chi connectivity index (χ2v) is 3.83. The smallest absolute Gasteiger partial charge is 0.249 e. The largest absolute Gasteiger partial charge is 0.324 e. The number of rotatable bonds is 3. The zero-order valence-electron chi connectivity index (χ0n) is 9.60. The standard InChI is InChI=1S/C12H10N4O2/c1-7(17)10(5-13)12(18)15-9-3-2-8-6-14-16-11(8)4-9/h2-4,6,10H,1H3,(H,14,16)(H,15,18). The van der Waals surface area contributed by atoms with Crippen molar-refractivity contribution in [1.82, 2.24) is 10.2 Å². The van der Waals surface area contributed by atoms with Crippen LogP contribution in [0.4, 0.5) is 5.69 Å². The Morgan fingerprint density at radius 1 is 1.50 bits per heavy atom. The lowest BCUT2D eigenvalue weighted by Crippen LogP contribution is -2.26. The quantitative estimate of drug-likeness (QED) is 0.790. The summed E-state index contributed by atoms with van der Waals surface area (Å²) >= 11 is 0. The molecule has 2 rings (SSSR count). The van der Waals surface area contributed by atoms with Crippen molar-refractivity contribution in [2.24, 2.45) is 5.92 Å². The van der Waals surface area contributed by atoms with Crippen LogP contribution in [-0.2, 0) is 9.59 Å². The molecular formula is C12H10N4O2. The monoisotopic (exact) mass is 242 g/mol. The first kappa shape index (κ1) is 11.8. The van der Waals surface area contributed by atoms with Crippen LogP contribution in [-0.4, -0.2) is 21.9 Å². The van der Waals surface area contributed by atoms with E-state index in [2.05, 4.69) is 15.5 Å². The van der Waals surface area contributed by atoms with Gasteiger partial charge in [-0.1, -0.05) is 0 Å². The SMILES string of the molecule is CC(=O)C(C#N)C(=O)Nc1ccc2cn[nH]c2c1. The number of ketones is 1. The summed E-state index contributed by atoms with van der Waals surface area (Å²) in [5.41, 5.74) is 1.28. The molecule has 2 aromatic rings. The van der Waals surface area contributed by atoms with Gasteiger partial charge >= 0.3 is 0 Å². The normalized spacial score (nSPS) is 11.8. The predicted molar refractivity (Wildman–Crippen MR) is 64.5 cm³/mol. The average molecular weight is 242 g/mol. The van der Waals surface area contributed by atoms with Crippen LogP contribution in [0, 0.1) is 17.2 Å². The molecule has 6 nitrogen and oxygen atoms in total. The summed E-state index contributed by atoms with van der Waals surface area (Å²) in [5.74, 6) is -2.37. The average Bonchev–Trinajstić information content (AvgIpc) is 2.76. The molecule has 90 valence electrons. The van der Waals surface area contributed by atoms with Crippen molar-refractivity contribution in [3.05, 3.63) is 24.4 Å². The minimum absolute atomic E-state index is 0.474. The van der Waals surface area contributed by atoms with Gasteiger partial charge in [-0.05, 0) is 25.1 Å². The van der Waals surface area contributed by atoms with E-state index in [-0.39, 0.29) is 0 Å². The van der Waals surface area contributed by atoms with Crippen molar-refractivity contribution in [1.29, 1.82) is 5.26 Å². The Bertz CT molecular complexity index is 653. The second kappa shape index (κ2) is 4.67. The number of fused-ring (bicyclic) bond motifs is 1. The van der Waals surface area contributed by atoms with Crippen LogP contribution < -0.4 is 5.32 Å². The van der Waals surface area contributed by atoms with E-state index in [4.69, 9.17) is 5.26 Å². The van der Waals surface area contributed by atoms with Crippen LogP contribution in [0.5, 0.6) is 0 Å². The fourth-order valence-electron chi connectivity index (χ4n) is 1.56. The number of aromatic amines is 1. The lowest BCUT2D eigenvalue weighted by atomic mass is 10.1. The zero-order chi connectivity index (χ0) is 13.1. The Morgan fingerprint density at radius 3 is 2.94 bits per heavy atom. The van der Waals surface area contributed by atoms with Gasteiger partial charge in [0.1, 0.15) is 0 Å². The van der Waals surface area contributed by atoms with Gasteiger partial charge in [0, 0.05) is 11.1 Å². The number of carbonyl (C=O) groups is 2. The molecule has 0 radical (unpaired) electrons. The molecule has 0 aliphatic carbocycles. The minimum atomic E-state index is -1.28. The third kappa shape index (κ3) is 2.20. The Hall–Kier alpha value is -2.68. The van der Waals surface area contributed by atoms with Gasteiger partial charge in [-0.2, -0.15) is 10.4 Å². The topological polar surface area (TPSA) is 98.6 Å². The van der Waals surface area contributed by atoms with Gasteiger partial charge in [0.2, 0.25) is 5.91 Å². The zero-order valence-corrected chi connectivity index (χ0v) is 9.60. The first-order valence-electron chi connectivity index (χ1n) is 5.26. The van der Waals surface area contributed by atoms with E-state index < -0.39 is 17.6 Å². The number of carbonyl (C=O) groups excluding carboxylic acids is 2. The maximum absolute atomic E-state index is 11.7. The van der Waals surface area contributed by atoms with Crippen LogP contribution >= 0.6 is 0 Å². The summed E-state index contributed by atoms with van der Waals surface area (Å²) in [5, 5.41) is 18.8. The van der Waals surface area contributed by atoms with E-state index >= 15 is 0 Å². The summed E-state index contributed by atoms with van der Waals surface area (Å²) < 4.78 is 0. The highest BCUT2D eigenvalue weighted by Crippen LogP contribution is 2.17. The van der Waals surface area contributed by atoms with Gasteiger partial charge in [0.15, 0.2) is 11.7 Å². The van der Waals surface area contributed by atoms with Gasteiger partial charge in [-0.15, -0.1) is 0 Å². The van der Waals surface area contributed by atoms with Gasteiger partial charge in [0.25, 0.3) is 0 Å². The summed E-state index contributed by atoms with van der Waals surface area (Å²) in [4.78, 5) is 22.8. The van der Waals surface area contributed by atoms with Crippen LogP contribution in [0.25, 0.3) is 10.9 Å². The van der Waals surface area contributed by atoms with Gasteiger partial charge in [-0.3, -0.25) is 14.7 Å². The van der Waals surface area contributed by atoms with E-state index in [0.29, 0.717) is 5.69 Å². The molecule has 18 heavy (non-hydrogen) atoms. The molecule has 0 bridgehead atoms. The molecule has 1 aromatic carbocycles. The molecule has 0 aliphatic heterocycles. The summed E-state index contributed by atoms with van der Waals surface area (Å²) in [7, 11) is 0. The van der Waals surface area contributed by atoms with Crippen LogP contribution in [0.1, 0.15) is 6.92 Å². The number of amides is 1. The molecule has 0 aliphatic rings. The van der Waals surface area contributed by atoms with Crippen molar-refractivity contribution in [2.75, 3.05) is 5.32 Å². The van der Waals surface area contributed by atoms with Crippen LogP contribution in [0.3, 0.4) is 0 Å². The number of nitrogens with zero attached hydrogens (tertiary/aromatic N) is 2. The van der Waals surface area contributed by atoms with Crippen molar-refractivity contribution >= 4 is 28.3 Å². The van der Waals surface area contributed by atoms with Gasteiger partial charge in [0.05, 0.1) is 17.8 Å². The lowest BCUT2D eigenvalue weighted by Gasteiger charge is -2.07. The fraction of sp³-hybridized carbons (Fsp3) is 0.167. The van der Waals surface area contributed by atoms with E-state index in [9.17, 15) is 9.59 Å². The molecule has 1 atom stereocenters. The number of H-pyrrole nitrogens is 1. The van der Waals surface area contributed by atoms with E-state index in [1.807, 2.05) is 0 Å². The van der Waals surface area contributed by atoms with E-state index in [1.54, 1.807) is 30.5 Å². The Labute approximate surface area is 103 Å². The second-order valence-electron chi connectivity index (χ2n) is 3.83. The number of nitrogens with one attached hydrogen (secondary N) is 2. The molecule has 0 fully saturated rings. The molecule has 1 aromatic heterocycles. The predicted octanol–water partition coefficient (Wildman–Crippen LogP) is 1.23.